The highest BCUT2D eigenvalue weighted by molar-refractivity contribution is 7.89. The molecule has 0 bridgehead atoms. The minimum absolute atomic E-state index is 0.173. The molecule has 0 aliphatic heterocycles. The van der Waals surface area contributed by atoms with Crippen LogP contribution in [-0.2, 0) is 21.2 Å². The third-order valence-corrected chi connectivity index (χ3v) is 3.77. The first-order valence-corrected chi connectivity index (χ1v) is 7.22. The van der Waals surface area contributed by atoms with Crippen LogP contribution in [0.4, 0.5) is 0 Å². The van der Waals surface area contributed by atoms with Crippen molar-refractivity contribution in [1.29, 1.82) is 0 Å². The van der Waals surface area contributed by atoms with E-state index in [4.69, 9.17) is 5.11 Å². The van der Waals surface area contributed by atoms with Gasteiger partial charge in [-0.2, -0.15) is 0 Å². The van der Waals surface area contributed by atoms with Crippen LogP contribution in [-0.4, -0.2) is 36.3 Å². The second-order valence-corrected chi connectivity index (χ2v) is 5.68. The molecule has 1 heterocycles. The summed E-state index contributed by atoms with van der Waals surface area (Å²) in [5.74, 6) is -1.34. The van der Waals surface area contributed by atoms with Crippen molar-refractivity contribution in [2.24, 2.45) is 0 Å². The number of hydrogen-bond donors (Lipinski definition) is 2. The maximum atomic E-state index is 11.7. The van der Waals surface area contributed by atoms with E-state index in [9.17, 15) is 13.2 Å². The Morgan fingerprint density at radius 2 is 2.22 bits per heavy atom. The van der Waals surface area contributed by atoms with E-state index in [0.717, 1.165) is 0 Å². The monoisotopic (exact) mass is 272 g/mol. The summed E-state index contributed by atoms with van der Waals surface area (Å²) in [5.41, 5.74) is 0.659. The minimum atomic E-state index is -3.61. The highest BCUT2D eigenvalue weighted by Crippen LogP contribution is 2.00. The predicted molar refractivity (Wildman–Crippen MR) is 66.6 cm³/mol. The van der Waals surface area contributed by atoms with Gasteiger partial charge in [-0.15, -0.1) is 0 Å². The largest absolute Gasteiger partial charge is 0.480 e. The molecule has 0 aromatic carbocycles. The summed E-state index contributed by atoms with van der Waals surface area (Å²) in [6.45, 7) is 1.61. The second-order valence-electron chi connectivity index (χ2n) is 3.81. The molecule has 0 aliphatic rings. The molecule has 100 valence electrons. The molecule has 1 unspecified atom stereocenters. The van der Waals surface area contributed by atoms with E-state index in [1.54, 1.807) is 31.3 Å². The van der Waals surface area contributed by atoms with Gasteiger partial charge in [-0.1, -0.05) is 13.0 Å². The van der Waals surface area contributed by atoms with Gasteiger partial charge in [-0.3, -0.25) is 9.78 Å². The van der Waals surface area contributed by atoms with E-state index < -0.39 is 22.0 Å². The van der Waals surface area contributed by atoms with Gasteiger partial charge in [-0.25, -0.2) is 13.1 Å². The zero-order valence-corrected chi connectivity index (χ0v) is 10.9. The van der Waals surface area contributed by atoms with E-state index in [-0.39, 0.29) is 18.6 Å². The van der Waals surface area contributed by atoms with Gasteiger partial charge in [0, 0.05) is 18.3 Å². The first kappa shape index (κ1) is 14.6. The first-order valence-electron chi connectivity index (χ1n) is 5.57. The van der Waals surface area contributed by atoms with Gasteiger partial charge in [0.15, 0.2) is 0 Å². The van der Waals surface area contributed by atoms with Crippen molar-refractivity contribution in [1.82, 2.24) is 9.71 Å². The number of carboxylic acid groups (broad SMARTS) is 1. The van der Waals surface area contributed by atoms with Crippen molar-refractivity contribution in [2.75, 3.05) is 5.75 Å². The smallest absolute Gasteiger partial charge is 0.321 e. The lowest BCUT2D eigenvalue weighted by Gasteiger charge is -2.12. The van der Waals surface area contributed by atoms with E-state index >= 15 is 0 Å². The predicted octanol–water partition coefficient (Wildman–Crippen LogP) is 0.407. The number of aromatic nitrogens is 1. The van der Waals surface area contributed by atoms with Crippen LogP contribution >= 0.6 is 0 Å². The van der Waals surface area contributed by atoms with Crippen LogP contribution in [0.2, 0.25) is 0 Å². The molecule has 0 amide bonds. The lowest BCUT2D eigenvalue weighted by atomic mass is 10.2. The highest BCUT2D eigenvalue weighted by atomic mass is 32.2. The fourth-order valence-corrected chi connectivity index (χ4v) is 2.67. The summed E-state index contributed by atoms with van der Waals surface area (Å²) in [5, 5.41) is 8.78. The molecular weight excluding hydrogens is 256 g/mol. The average Bonchev–Trinajstić information content (AvgIpc) is 2.35. The number of nitrogens with one attached hydrogen (secondary N) is 1. The maximum absolute atomic E-state index is 11.7. The third kappa shape index (κ3) is 4.80. The lowest BCUT2D eigenvalue weighted by molar-refractivity contribution is -0.139. The van der Waals surface area contributed by atoms with Crippen LogP contribution in [0.1, 0.15) is 19.0 Å². The summed E-state index contributed by atoms with van der Waals surface area (Å²) in [6.07, 6.45) is 2.05. The molecule has 1 aromatic rings. The Labute approximate surface area is 106 Å². The summed E-state index contributed by atoms with van der Waals surface area (Å²) < 4.78 is 25.5. The van der Waals surface area contributed by atoms with Gasteiger partial charge in [0.2, 0.25) is 10.0 Å². The van der Waals surface area contributed by atoms with Crippen LogP contribution < -0.4 is 4.72 Å². The van der Waals surface area contributed by atoms with Gasteiger partial charge in [0.25, 0.3) is 0 Å². The van der Waals surface area contributed by atoms with Crippen molar-refractivity contribution in [3.05, 3.63) is 30.1 Å². The van der Waals surface area contributed by atoms with E-state index in [1.165, 1.54) is 0 Å². The van der Waals surface area contributed by atoms with Crippen LogP contribution in [0.25, 0.3) is 0 Å². The molecule has 0 saturated heterocycles. The summed E-state index contributed by atoms with van der Waals surface area (Å²) in [4.78, 5) is 14.8. The number of sulfonamides is 1. The Hall–Kier alpha value is -1.47. The molecule has 18 heavy (non-hydrogen) atoms. The fraction of sp³-hybridized carbons (Fsp3) is 0.455. The van der Waals surface area contributed by atoms with E-state index in [0.29, 0.717) is 5.69 Å². The first-order chi connectivity index (χ1) is 8.44. The van der Waals surface area contributed by atoms with Crippen LogP contribution in [0.15, 0.2) is 24.4 Å². The Morgan fingerprint density at radius 1 is 1.50 bits per heavy atom. The molecular formula is C11H16N2O4S. The van der Waals surface area contributed by atoms with Gasteiger partial charge in [0.1, 0.15) is 6.04 Å². The number of carbonyl (C=O) groups is 1. The molecule has 0 spiro atoms. The molecule has 1 rings (SSSR count). The third-order valence-electron chi connectivity index (χ3n) is 2.38. The maximum Gasteiger partial charge on any atom is 0.321 e. The molecule has 7 heteroatoms. The van der Waals surface area contributed by atoms with E-state index in [2.05, 4.69) is 9.71 Å². The number of carboxylic acids is 1. The molecule has 1 atom stereocenters. The molecule has 6 nitrogen and oxygen atoms in total. The topological polar surface area (TPSA) is 96.4 Å². The van der Waals surface area contributed by atoms with Gasteiger partial charge in [-0.05, 0) is 18.6 Å². The average molecular weight is 272 g/mol. The normalized spacial score (nSPS) is 13.2. The molecule has 1 aromatic heterocycles. The van der Waals surface area contributed by atoms with Crippen molar-refractivity contribution in [3.63, 3.8) is 0 Å². The molecule has 0 fully saturated rings. The zero-order chi connectivity index (χ0) is 13.6. The highest BCUT2D eigenvalue weighted by Gasteiger charge is 2.21. The standard InChI is InChI=1S/C11H16N2O4S/c1-2-10(11(14)15)13-18(16,17)8-6-9-5-3-4-7-12-9/h3-5,7,10,13H,2,6,8H2,1H3,(H,14,15). The Morgan fingerprint density at radius 3 is 2.72 bits per heavy atom. The minimum Gasteiger partial charge on any atom is -0.480 e. The van der Waals surface area contributed by atoms with Gasteiger partial charge in [0.05, 0.1) is 5.75 Å². The number of pyridine rings is 1. The second kappa shape index (κ2) is 6.46. The fourth-order valence-electron chi connectivity index (χ4n) is 1.37. The Kier molecular flexibility index (Phi) is 5.24. The van der Waals surface area contributed by atoms with Crippen LogP contribution in [0, 0.1) is 0 Å². The van der Waals surface area contributed by atoms with Crippen molar-refractivity contribution >= 4 is 16.0 Å². The van der Waals surface area contributed by atoms with Crippen LogP contribution in [0.5, 0.6) is 0 Å². The zero-order valence-electron chi connectivity index (χ0n) is 10.0. The quantitative estimate of drug-likeness (QED) is 0.749. The van der Waals surface area contributed by atoms with Crippen molar-refractivity contribution < 1.29 is 18.3 Å². The summed E-state index contributed by atoms with van der Waals surface area (Å²) in [7, 11) is -3.61. The van der Waals surface area contributed by atoms with Gasteiger partial charge >= 0.3 is 5.97 Å². The molecule has 0 aliphatic carbocycles. The molecule has 0 radical (unpaired) electrons. The number of rotatable bonds is 7. The van der Waals surface area contributed by atoms with Gasteiger partial charge < -0.3 is 5.11 Å². The lowest BCUT2D eigenvalue weighted by Crippen LogP contribution is -2.41. The number of aliphatic carboxylic acids is 1. The summed E-state index contributed by atoms with van der Waals surface area (Å²) in [6, 6.07) is 4.17. The Bertz CT molecular complexity index is 487. The van der Waals surface area contributed by atoms with Crippen LogP contribution in [0.3, 0.4) is 0 Å². The van der Waals surface area contributed by atoms with Crippen molar-refractivity contribution in [3.8, 4) is 0 Å². The summed E-state index contributed by atoms with van der Waals surface area (Å²) >= 11 is 0. The number of aryl methyl sites for hydroxylation is 1. The SMILES string of the molecule is CCC(NS(=O)(=O)CCc1ccccn1)C(=O)O. The molecule has 2 N–H and O–H groups in total. The number of hydrogen-bond acceptors (Lipinski definition) is 4. The van der Waals surface area contributed by atoms with E-state index in [1.807, 2.05) is 0 Å². The molecule has 0 saturated carbocycles. The number of nitrogens with zero attached hydrogens (tertiary/aromatic N) is 1. The van der Waals surface area contributed by atoms with Crippen molar-refractivity contribution in [2.45, 2.75) is 25.8 Å². The Balaban J connectivity index is 2.57.